The van der Waals surface area contributed by atoms with E-state index in [1.54, 1.807) is 13.8 Å². The van der Waals surface area contributed by atoms with Crippen LogP contribution in [0, 0.1) is 0 Å². The number of nitrogens with zero attached hydrogens (tertiary/aromatic N) is 1. The van der Waals surface area contributed by atoms with Gasteiger partial charge in [0.2, 0.25) is 10.0 Å². The molecule has 0 aliphatic carbocycles. The fraction of sp³-hybridized carbons (Fsp3) is 0.778. The van der Waals surface area contributed by atoms with E-state index in [1.165, 1.54) is 0 Å². The van der Waals surface area contributed by atoms with Crippen LogP contribution in [0.5, 0.6) is 0 Å². The van der Waals surface area contributed by atoms with E-state index in [4.69, 9.17) is 0 Å². The predicted molar refractivity (Wildman–Crippen MR) is 59.7 cm³/mol. The van der Waals surface area contributed by atoms with E-state index in [-0.39, 0.29) is 0 Å². The third kappa shape index (κ3) is 5.14. The van der Waals surface area contributed by atoms with Crippen molar-refractivity contribution >= 4 is 22.0 Å². The van der Waals surface area contributed by atoms with Gasteiger partial charge in [-0.2, -0.15) is 4.31 Å². The lowest BCUT2D eigenvalue weighted by atomic mass is 10.4. The van der Waals surface area contributed by atoms with E-state index in [2.05, 4.69) is 9.47 Å². The van der Waals surface area contributed by atoms with E-state index < -0.39 is 40.3 Å². The molecule has 0 heterocycles. The van der Waals surface area contributed by atoms with Crippen LogP contribution in [0.1, 0.15) is 13.8 Å². The molecular formula is C9H17NO6S. The van der Waals surface area contributed by atoms with Gasteiger partial charge in [0.15, 0.2) is 5.75 Å². The summed E-state index contributed by atoms with van der Waals surface area (Å²) in [4.78, 5) is 22.0. The summed E-state index contributed by atoms with van der Waals surface area (Å²) in [7, 11) is -1.62. The summed E-state index contributed by atoms with van der Waals surface area (Å²) in [5.74, 6) is -2.36. The summed E-state index contributed by atoms with van der Waals surface area (Å²) in [5, 5.41) is 0. The Morgan fingerprint density at radius 2 is 1.59 bits per heavy atom. The summed E-state index contributed by atoms with van der Waals surface area (Å²) in [6, 6.07) is -0.455. The summed E-state index contributed by atoms with van der Waals surface area (Å²) in [6.07, 6.45) is 0. The van der Waals surface area contributed by atoms with E-state index >= 15 is 0 Å². The zero-order valence-electron chi connectivity index (χ0n) is 10.3. The zero-order chi connectivity index (χ0) is 13.6. The van der Waals surface area contributed by atoms with Gasteiger partial charge in [0.05, 0.1) is 14.2 Å². The topological polar surface area (TPSA) is 90.0 Å². The van der Waals surface area contributed by atoms with Crippen molar-refractivity contribution in [2.45, 2.75) is 19.9 Å². The van der Waals surface area contributed by atoms with Crippen LogP contribution in [0.15, 0.2) is 0 Å². The predicted octanol–water partition coefficient (Wildman–Crippen LogP) is -0.627. The number of esters is 2. The zero-order valence-corrected chi connectivity index (χ0v) is 11.1. The van der Waals surface area contributed by atoms with Crippen molar-refractivity contribution in [3.05, 3.63) is 0 Å². The molecule has 0 bridgehead atoms. The van der Waals surface area contributed by atoms with Gasteiger partial charge in [-0.1, -0.05) is 0 Å². The minimum atomic E-state index is -3.88. The molecule has 0 amide bonds. The van der Waals surface area contributed by atoms with Gasteiger partial charge in [-0.15, -0.1) is 0 Å². The highest BCUT2D eigenvalue weighted by Crippen LogP contribution is 2.08. The largest absolute Gasteiger partial charge is 0.468 e. The molecule has 0 spiro atoms. The van der Waals surface area contributed by atoms with Crippen LogP contribution in [0.3, 0.4) is 0 Å². The molecule has 0 saturated carbocycles. The Morgan fingerprint density at radius 1 is 1.12 bits per heavy atom. The fourth-order valence-corrected chi connectivity index (χ4v) is 2.61. The SMILES string of the molecule is COC(=O)CN(C(C)C)S(=O)(=O)CC(=O)OC. The fourth-order valence-electron chi connectivity index (χ4n) is 1.08. The number of ether oxygens (including phenoxy) is 2. The Bertz CT molecular complexity index is 375. The number of hydrogen-bond donors (Lipinski definition) is 0. The second kappa shape index (κ2) is 6.55. The molecule has 8 heteroatoms. The van der Waals surface area contributed by atoms with Gasteiger partial charge in [-0.05, 0) is 13.8 Å². The monoisotopic (exact) mass is 267 g/mol. The van der Waals surface area contributed by atoms with Gasteiger partial charge in [-0.25, -0.2) is 8.42 Å². The summed E-state index contributed by atoms with van der Waals surface area (Å²) in [5.41, 5.74) is 0. The molecule has 100 valence electrons. The van der Waals surface area contributed by atoms with Gasteiger partial charge >= 0.3 is 11.9 Å². The Labute approximate surface area is 101 Å². The minimum Gasteiger partial charge on any atom is -0.468 e. The standard InChI is InChI=1S/C9H17NO6S/c1-7(2)10(5-8(11)15-3)17(13,14)6-9(12)16-4/h7H,5-6H2,1-4H3. The van der Waals surface area contributed by atoms with Gasteiger partial charge < -0.3 is 9.47 Å². The van der Waals surface area contributed by atoms with Crippen molar-refractivity contribution in [1.29, 1.82) is 0 Å². The average molecular weight is 267 g/mol. The lowest BCUT2D eigenvalue weighted by molar-refractivity contribution is -0.141. The first-order chi connectivity index (χ1) is 7.74. The third-order valence-corrected chi connectivity index (χ3v) is 3.84. The summed E-state index contributed by atoms with van der Waals surface area (Å²) < 4.78 is 33.2. The van der Waals surface area contributed by atoms with Crippen molar-refractivity contribution < 1.29 is 27.5 Å². The smallest absolute Gasteiger partial charge is 0.322 e. The number of sulfonamides is 1. The Morgan fingerprint density at radius 3 is 1.94 bits per heavy atom. The first-order valence-corrected chi connectivity index (χ1v) is 6.48. The lowest BCUT2D eigenvalue weighted by Crippen LogP contribution is -2.43. The van der Waals surface area contributed by atoms with E-state index in [0.717, 1.165) is 18.5 Å². The summed E-state index contributed by atoms with van der Waals surface area (Å²) >= 11 is 0. The summed E-state index contributed by atoms with van der Waals surface area (Å²) in [6.45, 7) is 2.77. The molecule has 0 aromatic heterocycles. The van der Waals surface area contributed by atoms with Crippen molar-refractivity contribution in [1.82, 2.24) is 4.31 Å². The molecular weight excluding hydrogens is 250 g/mol. The molecule has 0 aromatic rings. The van der Waals surface area contributed by atoms with Gasteiger partial charge in [0.25, 0.3) is 0 Å². The van der Waals surface area contributed by atoms with Crippen molar-refractivity contribution in [3.63, 3.8) is 0 Å². The van der Waals surface area contributed by atoms with Gasteiger partial charge in [0.1, 0.15) is 6.54 Å². The van der Waals surface area contributed by atoms with Crippen molar-refractivity contribution in [2.24, 2.45) is 0 Å². The lowest BCUT2D eigenvalue weighted by Gasteiger charge is -2.23. The number of methoxy groups -OCH3 is 2. The molecule has 0 atom stereocenters. The van der Waals surface area contributed by atoms with Crippen LogP contribution in [0.4, 0.5) is 0 Å². The Balaban J connectivity index is 4.92. The molecule has 0 fully saturated rings. The second-order valence-corrected chi connectivity index (χ2v) is 5.47. The molecule has 17 heavy (non-hydrogen) atoms. The average Bonchev–Trinajstić information content (AvgIpc) is 2.23. The van der Waals surface area contributed by atoms with E-state index in [9.17, 15) is 18.0 Å². The molecule has 0 unspecified atom stereocenters. The van der Waals surface area contributed by atoms with Crippen molar-refractivity contribution in [2.75, 3.05) is 26.5 Å². The molecule has 0 saturated heterocycles. The first-order valence-electron chi connectivity index (χ1n) is 4.87. The van der Waals surface area contributed by atoms with Crippen molar-refractivity contribution in [3.8, 4) is 0 Å². The van der Waals surface area contributed by atoms with Gasteiger partial charge in [0, 0.05) is 6.04 Å². The minimum absolute atomic E-state index is 0.423. The number of rotatable bonds is 6. The highest BCUT2D eigenvalue weighted by molar-refractivity contribution is 7.89. The molecule has 0 aliphatic heterocycles. The molecule has 0 radical (unpaired) electrons. The molecule has 0 N–H and O–H groups in total. The third-order valence-electron chi connectivity index (χ3n) is 1.97. The Hall–Kier alpha value is -1.15. The normalized spacial score (nSPS) is 11.6. The van der Waals surface area contributed by atoms with Crippen LogP contribution in [0.2, 0.25) is 0 Å². The second-order valence-electron chi connectivity index (χ2n) is 3.55. The maximum absolute atomic E-state index is 11.8. The quantitative estimate of drug-likeness (QED) is 0.595. The highest BCUT2D eigenvalue weighted by Gasteiger charge is 2.30. The van der Waals surface area contributed by atoms with Gasteiger partial charge in [-0.3, -0.25) is 9.59 Å². The maximum atomic E-state index is 11.8. The van der Waals surface area contributed by atoms with Crippen LogP contribution in [-0.4, -0.2) is 57.2 Å². The number of hydrogen-bond acceptors (Lipinski definition) is 6. The van der Waals surface area contributed by atoms with E-state index in [0.29, 0.717) is 0 Å². The van der Waals surface area contributed by atoms with E-state index in [1.807, 2.05) is 0 Å². The highest BCUT2D eigenvalue weighted by atomic mass is 32.2. The number of carbonyl (C=O) groups excluding carboxylic acids is 2. The maximum Gasteiger partial charge on any atom is 0.322 e. The molecule has 0 aliphatic rings. The molecule has 0 rings (SSSR count). The first kappa shape index (κ1) is 15.9. The van der Waals surface area contributed by atoms with Crippen LogP contribution in [-0.2, 0) is 29.1 Å². The van der Waals surface area contributed by atoms with Crippen LogP contribution >= 0.6 is 0 Å². The Kier molecular flexibility index (Phi) is 6.11. The molecule has 7 nitrogen and oxygen atoms in total. The molecule has 0 aromatic carbocycles. The number of carbonyl (C=O) groups is 2. The van der Waals surface area contributed by atoms with Crippen LogP contribution < -0.4 is 0 Å². The van der Waals surface area contributed by atoms with Crippen LogP contribution in [0.25, 0.3) is 0 Å².